The first kappa shape index (κ1) is 17.8. The van der Waals surface area contributed by atoms with Crippen LogP contribution in [0.15, 0.2) is 18.5 Å². The largest absolute Gasteiger partial charge is 0.444 e. The Kier molecular flexibility index (Phi) is 5.35. The highest BCUT2D eigenvalue weighted by Gasteiger charge is 2.26. The summed E-state index contributed by atoms with van der Waals surface area (Å²) in [5, 5.41) is 0. The smallest absolute Gasteiger partial charge is 0.410 e. The van der Waals surface area contributed by atoms with Crippen LogP contribution in [-0.2, 0) is 4.74 Å². The summed E-state index contributed by atoms with van der Waals surface area (Å²) in [7, 11) is 0. The average molecular weight is 346 g/mol. The zero-order chi connectivity index (χ0) is 17.9. The maximum absolute atomic E-state index is 12.2. The summed E-state index contributed by atoms with van der Waals surface area (Å²) in [5.74, 6) is 0. The number of piperidine rings is 1. The number of rotatable bonds is 2. The molecule has 0 radical (unpaired) electrons. The molecule has 138 valence electrons. The molecule has 25 heavy (non-hydrogen) atoms. The second kappa shape index (κ2) is 7.50. The molecule has 0 aromatic carbocycles. The summed E-state index contributed by atoms with van der Waals surface area (Å²) in [6.07, 6.45) is 7.53. The highest BCUT2D eigenvalue weighted by atomic mass is 16.6. The van der Waals surface area contributed by atoms with E-state index in [9.17, 15) is 4.79 Å². The van der Waals surface area contributed by atoms with Crippen LogP contribution < -0.4 is 9.80 Å². The predicted octanol–water partition coefficient (Wildman–Crippen LogP) is 3.13. The number of carbonyl (C=O) groups is 1. The molecule has 0 aliphatic carbocycles. The van der Waals surface area contributed by atoms with Crippen LogP contribution in [0.4, 0.5) is 16.2 Å². The topological polar surface area (TPSA) is 48.9 Å². The molecule has 2 aliphatic heterocycles. The molecule has 1 aromatic heterocycles. The first-order valence-corrected chi connectivity index (χ1v) is 9.35. The Balaban J connectivity index is 1.58. The van der Waals surface area contributed by atoms with E-state index in [1.165, 1.54) is 24.9 Å². The molecule has 3 rings (SSSR count). The van der Waals surface area contributed by atoms with Gasteiger partial charge in [0, 0.05) is 39.3 Å². The number of hydrogen-bond acceptors (Lipinski definition) is 5. The van der Waals surface area contributed by atoms with Gasteiger partial charge in [-0.05, 0) is 46.1 Å². The van der Waals surface area contributed by atoms with Crippen molar-refractivity contribution in [1.82, 2.24) is 9.88 Å². The Morgan fingerprint density at radius 2 is 1.48 bits per heavy atom. The third-order valence-electron chi connectivity index (χ3n) is 4.73. The predicted molar refractivity (Wildman–Crippen MR) is 100 cm³/mol. The van der Waals surface area contributed by atoms with Crippen molar-refractivity contribution >= 4 is 17.5 Å². The Morgan fingerprint density at radius 3 is 2.04 bits per heavy atom. The summed E-state index contributed by atoms with van der Waals surface area (Å²) in [6.45, 7) is 10.9. The van der Waals surface area contributed by atoms with Gasteiger partial charge in [-0.1, -0.05) is 0 Å². The SMILES string of the molecule is CC(C)(C)OC(=O)N1CCN(c2cncc(N3CCCCC3)c2)CC1. The highest BCUT2D eigenvalue weighted by molar-refractivity contribution is 5.68. The second-order valence-electron chi connectivity index (χ2n) is 7.90. The van der Waals surface area contributed by atoms with Crippen LogP contribution in [0.1, 0.15) is 40.0 Å². The van der Waals surface area contributed by atoms with E-state index in [1.807, 2.05) is 33.2 Å². The molecule has 2 saturated heterocycles. The molecule has 0 spiro atoms. The van der Waals surface area contributed by atoms with Gasteiger partial charge in [0.05, 0.1) is 23.8 Å². The number of pyridine rings is 1. The minimum atomic E-state index is -0.444. The zero-order valence-electron chi connectivity index (χ0n) is 15.7. The van der Waals surface area contributed by atoms with Crippen molar-refractivity contribution in [2.45, 2.75) is 45.6 Å². The normalized spacial score (nSPS) is 19.1. The Hall–Kier alpha value is -1.98. The Bertz CT molecular complexity index is 585. The lowest BCUT2D eigenvalue weighted by Gasteiger charge is -2.37. The van der Waals surface area contributed by atoms with Crippen LogP contribution >= 0.6 is 0 Å². The van der Waals surface area contributed by atoms with Gasteiger partial charge in [0.1, 0.15) is 5.60 Å². The molecule has 2 aliphatic rings. The zero-order valence-corrected chi connectivity index (χ0v) is 15.7. The van der Waals surface area contributed by atoms with Crippen molar-refractivity contribution in [2.24, 2.45) is 0 Å². The summed E-state index contributed by atoms with van der Waals surface area (Å²) in [4.78, 5) is 23.2. The standard InChI is InChI=1S/C19H30N4O2/c1-19(2,3)25-18(24)23-11-9-22(10-12-23)17-13-16(14-20-15-17)21-7-5-4-6-8-21/h13-15H,4-12H2,1-3H3. The molecule has 2 fully saturated rings. The van der Waals surface area contributed by atoms with E-state index in [-0.39, 0.29) is 6.09 Å². The number of amides is 1. The van der Waals surface area contributed by atoms with E-state index in [2.05, 4.69) is 20.9 Å². The van der Waals surface area contributed by atoms with Gasteiger partial charge in [0.2, 0.25) is 0 Å². The average Bonchev–Trinajstić information content (AvgIpc) is 2.61. The fourth-order valence-electron chi connectivity index (χ4n) is 3.39. The van der Waals surface area contributed by atoms with Crippen molar-refractivity contribution in [1.29, 1.82) is 0 Å². The van der Waals surface area contributed by atoms with Crippen LogP contribution in [0, 0.1) is 0 Å². The van der Waals surface area contributed by atoms with Crippen LogP contribution in [0.3, 0.4) is 0 Å². The van der Waals surface area contributed by atoms with E-state index in [0.29, 0.717) is 13.1 Å². The molecule has 0 unspecified atom stereocenters. The molecular weight excluding hydrogens is 316 g/mol. The van der Waals surface area contributed by atoms with Crippen LogP contribution in [0.2, 0.25) is 0 Å². The van der Waals surface area contributed by atoms with Gasteiger partial charge in [-0.2, -0.15) is 0 Å². The molecule has 1 aromatic rings. The third-order valence-corrected chi connectivity index (χ3v) is 4.73. The molecule has 0 atom stereocenters. The molecule has 6 nitrogen and oxygen atoms in total. The Labute approximate surface area is 150 Å². The number of aromatic nitrogens is 1. The fraction of sp³-hybridized carbons (Fsp3) is 0.684. The monoisotopic (exact) mass is 346 g/mol. The first-order chi connectivity index (χ1) is 11.9. The van der Waals surface area contributed by atoms with Crippen LogP contribution in [0.5, 0.6) is 0 Å². The van der Waals surface area contributed by atoms with Gasteiger partial charge >= 0.3 is 6.09 Å². The van der Waals surface area contributed by atoms with Crippen molar-refractivity contribution in [3.05, 3.63) is 18.5 Å². The van der Waals surface area contributed by atoms with E-state index >= 15 is 0 Å². The number of nitrogens with zero attached hydrogens (tertiary/aromatic N) is 4. The van der Waals surface area contributed by atoms with Gasteiger partial charge in [0.15, 0.2) is 0 Å². The lowest BCUT2D eigenvalue weighted by atomic mass is 10.1. The van der Waals surface area contributed by atoms with Crippen molar-refractivity contribution < 1.29 is 9.53 Å². The molecular formula is C19H30N4O2. The molecule has 6 heteroatoms. The number of carbonyl (C=O) groups excluding carboxylic acids is 1. The molecule has 0 bridgehead atoms. The van der Waals surface area contributed by atoms with Gasteiger partial charge < -0.3 is 19.4 Å². The van der Waals surface area contributed by atoms with Gasteiger partial charge in [-0.3, -0.25) is 4.98 Å². The van der Waals surface area contributed by atoms with Gasteiger partial charge in [-0.25, -0.2) is 4.79 Å². The Morgan fingerprint density at radius 1 is 0.920 bits per heavy atom. The molecule has 1 amide bonds. The van der Waals surface area contributed by atoms with E-state index in [1.54, 1.807) is 4.90 Å². The third kappa shape index (κ3) is 4.77. The van der Waals surface area contributed by atoms with Crippen LogP contribution in [0.25, 0.3) is 0 Å². The number of hydrogen-bond donors (Lipinski definition) is 0. The molecule has 3 heterocycles. The first-order valence-electron chi connectivity index (χ1n) is 9.35. The second-order valence-corrected chi connectivity index (χ2v) is 7.90. The quantitative estimate of drug-likeness (QED) is 0.823. The highest BCUT2D eigenvalue weighted by Crippen LogP contribution is 2.25. The van der Waals surface area contributed by atoms with Crippen molar-refractivity contribution in [3.63, 3.8) is 0 Å². The van der Waals surface area contributed by atoms with Gasteiger partial charge in [0.25, 0.3) is 0 Å². The van der Waals surface area contributed by atoms with Crippen LogP contribution in [-0.4, -0.2) is 60.8 Å². The lowest BCUT2D eigenvalue weighted by Crippen LogP contribution is -2.50. The number of ether oxygens (including phenoxy) is 1. The summed E-state index contributed by atoms with van der Waals surface area (Å²) < 4.78 is 5.47. The van der Waals surface area contributed by atoms with E-state index in [4.69, 9.17) is 4.74 Å². The fourth-order valence-corrected chi connectivity index (χ4v) is 3.39. The van der Waals surface area contributed by atoms with Gasteiger partial charge in [-0.15, -0.1) is 0 Å². The summed E-state index contributed by atoms with van der Waals surface area (Å²) in [5.41, 5.74) is 1.92. The summed E-state index contributed by atoms with van der Waals surface area (Å²) in [6, 6.07) is 2.24. The molecule has 0 saturated carbocycles. The van der Waals surface area contributed by atoms with E-state index < -0.39 is 5.60 Å². The number of piperazine rings is 1. The lowest BCUT2D eigenvalue weighted by molar-refractivity contribution is 0.0240. The van der Waals surface area contributed by atoms with E-state index in [0.717, 1.165) is 31.9 Å². The minimum Gasteiger partial charge on any atom is -0.444 e. The molecule has 0 N–H and O–H groups in total. The van der Waals surface area contributed by atoms with Crippen molar-refractivity contribution in [3.8, 4) is 0 Å². The van der Waals surface area contributed by atoms with Crippen molar-refractivity contribution in [2.75, 3.05) is 49.1 Å². The minimum absolute atomic E-state index is 0.215. The maximum atomic E-state index is 12.2. The number of anilines is 2. The maximum Gasteiger partial charge on any atom is 0.410 e. The summed E-state index contributed by atoms with van der Waals surface area (Å²) >= 11 is 0.